The third kappa shape index (κ3) is 3.78. The molecular formula is C13H15BrN4. The fourth-order valence-corrected chi connectivity index (χ4v) is 1.87. The van der Waals surface area contributed by atoms with E-state index in [4.69, 9.17) is 5.73 Å². The number of nitrogens with one attached hydrogen (secondary N) is 1. The van der Waals surface area contributed by atoms with Crippen molar-refractivity contribution >= 4 is 21.9 Å². The molecule has 3 N–H and O–H groups in total. The number of nitrogens with two attached hydrogens (primary N) is 1. The fourth-order valence-electron chi connectivity index (χ4n) is 1.66. The summed E-state index contributed by atoms with van der Waals surface area (Å²) < 4.78 is 0.861. The summed E-state index contributed by atoms with van der Waals surface area (Å²) in [5.74, 6) is 0.601. The number of rotatable bonds is 5. The molecule has 0 aliphatic rings. The first-order chi connectivity index (χ1) is 8.78. The molecule has 1 aromatic heterocycles. The number of anilines is 1. The highest BCUT2D eigenvalue weighted by atomic mass is 79.9. The van der Waals surface area contributed by atoms with E-state index in [2.05, 4.69) is 43.3 Å². The van der Waals surface area contributed by atoms with Crippen molar-refractivity contribution < 1.29 is 0 Å². The van der Waals surface area contributed by atoms with Crippen LogP contribution in [0.3, 0.4) is 0 Å². The smallest absolute Gasteiger partial charge is 0.222 e. The second-order valence-electron chi connectivity index (χ2n) is 3.99. The molecule has 0 radical (unpaired) electrons. The number of aromatic nitrogens is 2. The molecule has 1 unspecified atom stereocenters. The van der Waals surface area contributed by atoms with Crippen LogP contribution in [0, 0.1) is 0 Å². The molecule has 18 heavy (non-hydrogen) atoms. The molecule has 4 nitrogen and oxygen atoms in total. The SMILES string of the molecule is NCC(Cc1ccccc1)Nc1ncc(Br)cn1. The molecule has 1 aromatic carbocycles. The quantitative estimate of drug-likeness (QED) is 0.889. The number of hydrogen-bond donors (Lipinski definition) is 2. The highest BCUT2D eigenvalue weighted by molar-refractivity contribution is 9.10. The van der Waals surface area contributed by atoms with Gasteiger partial charge < -0.3 is 11.1 Å². The zero-order valence-corrected chi connectivity index (χ0v) is 11.5. The highest BCUT2D eigenvalue weighted by Gasteiger charge is 2.08. The van der Waals surface area contributed by atoms with Crippen LogP contribution in [0.5, 0.6) is 0 Å². The third-order valence-electron chi connectivity index (χ3n) is 2.56. The molecule has 5 heteroatoms. The van der Waals surface area contributed by atoms with Gasteiger partial charge in [-0.25, -0.2) is 9.97 Å². The van der Waals surface area contributed by atoms with Gasteiger partial charge in [0.2, 0.25) is 5.95 Å². The zero-order valence-electron chi connectivity index (χ0n) is 9.88. The molecule has 2 rings (SSSR count). The van der Waals surface area contributed by atoms with Gasteiger partial charge in [-0.1, -0.05) is 30.3 Å². The predicted molar refractivity (Wildman–Crippen MR) is 76.3 cm³/mol. The molecule has 0 aliphatic carbocycles. The fraction of sp³-hybridized carbons (Fsp3) is 0.231. The van der Waals surface area contributed by atoms with Crippen molar-refractivity contribution in [2.45, 2.75) is 12.5 Å². The van der Waals surface area contributed by atoms with Crippen LogP contribution in [0.2, 0.25) is 0 Å². The van der Waals surface area contributed by atoms with E-state index in [0.29, 0.717) is 12.5 Å². The summed E-state index contributed by atoms with van der Waals surface area (Å²) in [4.78, 5) is 8.37. The lowest BCUT2D eigenvalue weighted by Gasteiger charge is -2.16. The molecular weight excluding hydrogens is 292 g/mol. The Kier molecular flexibility index (Phi) is 4.66. The number of halogens is 1. The first-order valence-corrected chi connectivity index (χ1v) is 6.55. The van der Waals surface area contributed by atoms with Crippen molar-refractivity contribution in [3.8, 4) is 0 Å². The maximum absolute atomic E-state index is 5.77. The molecule has 0 fully saturated rings. The van der Waals surface area contributed by atoms with Crippen LogP contribution in [0.4, 0.5) is 5.95 Å². The largest absolute Gasteiger partial charge is 0.350 e. The maximum Gasteiger partial charge on any atom is 0.222 e. The molecule has 94 valence electrons. The van der Waals surface area contributed by atoms with E-state index in [1.807, 2.05) is 18.2 Å². The summed E-state index contributed by atoms with van der Waals surface area (Å²) in [5, 5.41) is 3.24. The minimum atomic E-state index is 0.133. The molecule has 0 saturated heterocycles. The first kappa shape index (κ1) is 13.0. The summed E-state index contributed by atoms with van der Waals surface area (Å²) in [7, 11) is 0. The Morgan fingerprint density at radius 3 is 2.44 bits per heavy atom. The average molecular weight is 307 g/mol. The second kappa shape index (κ2) is 6.47. The molecule has 2 aromatic rings. The minimum Gasteiger partial charge on any atom is -0.350 e. The van der Waals surface area contributed by atoms with Crippen molar-refractivity contribution in [1.82, 2.24) is 9.97 Å². The van der Waals surface area contributed by atoms with Crippen LogP contribution in [0.25, 0.3) is 0 Å². The van der Waals surface area contributed by atoms with Crippen molar-refractivity contribution in [3.05, 3.63) is 52.8 Å². The molecule has 0 spiro atoms. The van der Waals surface area contributed by atoms with Gasteiger partial charge in [0.05, 0.1) is 4.47 Å². The molecule has 1 atom stereocenters. The standard InChI is InChI=1S/C13H15BrN4/c14-11-8-16-13(17-9-11)18-12(7-15)6-10-4-2-1-3-5-10/h1-5,8-9,12H,6-7,15H2,(H,16,17,18). The maximum atomic E-state index is 5.77. The van der Waals surface area contributed by atoms with Crippen molar-refractivity contribution in [3.63, 3.8) is 0 Å². The number of benzene rings is 1. The summed E-state index contributed by atoms with van der Waals surface area (Å²) in [6.07, 6.45) is 4.29. The van der Waals surface area contributed by atoms with Crippen LogP contribution in [-0.4, -0.2) is 22.6 Å². The molecule has 0 saturated carbocycles. The highest BCUT2D eigenvalue weighted by Crippen LogP contribution is 2.09. The normalized spacial score (nSPS) is 12.1. The lowest BCUT2D eigenvalue weighted by molar-refractivity contribution is 0.714. The summed E-state index contributed by atoms with van der Waals surface area (Å²) >= 11 is 3.31. The Morgan fingerprint density at radius 1 is 1.17 bits per heavy atom. The van der Waals surface area contributed by atoms with Gasteiger partial charge in [-0.15, -0.1) is 0 Å². The topological polar surface area (TPSA) is 63.8 Å². The van der Waals surface area contributed by atoms with Gasteiger partial charge in [0, 0.05) is 25.0 Å². The van der Waals surface area contributed by atoms with Crippen LogP contribution in [0.15, 0.2) is 47.2 Å². The van der Waals surface area contributed by atoms with Crippen LogP contribution >= 0.6 is 15.9 Å². The predicted octanol–water partition coefficient (Wildman–Crippen LogP) is 2.22. The lowest BCUT2D eigenvalue weighted by atomic mass is 10.1. The summed E-state index contributed by atoms with van der Waals surface area (Å²) in [5.41, 5.74) is 7.02. The van der Waals surface area contributed by atoms with Crippen LogP contribution in [-0.2, 0) is 6.42 Å². The van der Waals surface area contributed by atoms with Crippen molar-refractivity contribution in [2.75, 3.05) is 11.9 Å². The van der Waals surface area contributed by atoms with E-state index in [-0.39, 0.29) is 6.04 Å². The molecule has 0 bridgehead atoms. The third-order valence-corrected chi connectivity index (χ3v) is 2.97. The molecule has 0 amide bonds. The molecule has 0 aliphatic heterocycles. The van der Waals surface area contributed by atoms with Gasteiger partial charge in [-0.2, -0.15) is 0 Å². The van der Waals surface area contributed by atoms with E-state index in [9.17, 15) is 0 Å². The van der Waals surface area contributed by atoms with Gasteiger partial charge in [0.1, 0.15) is 0 Å². The van der Waals surface area contributed by atoms with Gasteiger partial charge in [-0.3, -0.25) is 0 Å². The van der Waals surface area contributed by atoms with Crippen LogP contribution in [0.1, 0.15) is 5.56 Å². The van der Waals surface area contributed by atoms with Gasteiger partial charge >= 0.3 is 0 Å². The minimum absolute atomic E-state index is 0.133. The average Bonchev–Trinajstić information content (AvgIpc) is 2.41. The Morgan fingerprint density at radius 2 is 1.83 bits per heavy atom. The van der Waals surface area contributed by atoms with Gasteiger partial charge in [-0.05, 0) is 27.9 Å². The van der Waals surface area contributed by atoms with Gasteiger partial charge in [0.25, 0.3) is 0 Å². The lowest BCUT2D eigenvalue weighted by Crippen LogP contribution is -2.31. The van der Waals surface area contributed by atoms with Crippen molar-refractivity contribution in [1.29, 1.82) is 0 Å². The first-order valence-electron chi connectivity index (χ1n) is 5.76. The van der Waals surface area contributed by atoms with E-state index in [0.717, 1.165) is 10.9 Å². The second-order valence-corrected chi connectivity index (χ2v) is 4.91. The van der Waals surface area contributed by atoms with E-state index >= 15 is 0 Å². The van der Waals surface area contributed by atoms with E-state index in [1.54, 1.807) is 12.4 Å². The number of nitrogens with zero attached hydrogens (tertiary/aromatic N) is 2. The van der Waals surface area contributed by atoms with Gasteiger partial charge in [0.15, 0.2) is 0 Å². The van der Waals surface area contributed by atoms with E-state index in [1.165, 1.54) is 5.56 Å². The molecule has 1 heterocycles. The monoisotopic (exact) mass is 306 g/mol. The summed E-state index contributed by atoms with van der Waals surface area (Å²) in [6.45, 7) is 0.536. The van der Waals surface area contributed by atoms with Crippen molar-refractivity contribution in [2.24, 2.45) is 5.73 Å². The Hall–Kier alpha value is -1.46. The summed E-state index contributed by atoms with van der Waals surface area (Å²) in [6, 6.07) is 10.4. The van der Waals surface area contributed by atoms with Crippen LogP contribution < -0.4 is 11.1 Å². The number of hydrogen-bond acceptors (Lipinski definition) is 4. The Balaban J connectivity index is 1.99. The Bertz CT molecular complexity index is 472. The Labute approximate surface area is 115 Å². The van der Waals surface area contributed by atoms with E-state index < -0.39 is 0 Å². The zero-order chi connectivity index (χ0) is 12.8.